The maximum atomic E-state index is 12.8. The highest BCUT2D eigenvalue weighted by Gasteiger charge is 2.13. The second kappa shape index (κ2) is 7.37. The van der Waals surface area contributed by atoms with Gasteiger partial charge < -0.3 is 9.88 Å². The molecule has 1 N–H and O–H groups in total. The average Bonchev–Trinajstić information content (AvgIpc) is 2.73. The number of carbonyl (C=O) groups excluding carboxylic acids is 1. The number of nitrogens with one attached hydrogen (secondary N) is 1. The van der Waals surface area contributed by atoms with Gasteiger partial charge in [-0.25, -0.2) is 0 Å². The van der Waals surface area contributed by atoms with Crippen LogP contribution in [0, 0.1) is 11.3 Å². The van der Waals surface area contributed by atoms with Gasteiger partial charge in [0.1, 0.15) is 6.54 Å². The lowest BCUT2D eigenvalue weighted by atomic mass is 10.1. The van der Waals surface area contributed by atoms with Gasteiger partial charge in [0, 0.05) is 16.5 Å². The summed E-state index contributed by atoms with van der Waals surface area (Å²) in [6.07, 6.45) is 0.337. The van der Waals surface area contributed by atoms with E-state index in [2.05, 4.69) is 11.4 Å². The molecule has 0 unspecified atom stereocenters. The topological polar surface area (TPSA) is 74.9 Å². The minimum Gasteiger partial charge on any atom is -0.331 e. The number of hydrogen-bond donors (Lipinski definition) is 1. The normalized spacial score (nSPS) is 10.7. The van der Waals surface area contributed by atoms with Crippen molar-refractivity contribution in [3.8, 4) is 6.07 Å². The monoisotopic (exact) mass is 367 g/mol. The van der Waals surface area contributed by atoms with E-state index < -0.39 is 0 Å². The molecule has 1 amide bonds. The first kappa shape index (κ1) is 17.5. The van der Waals surface area contributed by atoms with Crippen molar-refractivity contribution in [3.05, 3.63) is 88.6 Å². The summed E-state index contributed by atoms with van der Waals surface area (Å²) in [4.78, 5) is 25.5. The lowest BCUT2D eigenvalue weighted by Gasteiger charge is -2.15. The van der Waals surface area contributed by atoms with Crippen molar-refractivity contribution in [2.24, 2.45) is 0 Å². The Morgan fingerprint density at radius 3 is 2.04 bits per heavy atom. The number of rotatable bonds is 4. The van der Waals surface area contributed by atoms with Crippen molar-refractivity contribution >= 4 is 33.4 Å². The maximum absolute atomic E-state index is 12.8. The van der Waals surface area contributed by atoms with E-state index in [1.807, 2.05) is 53.1 Å². The molecule has 4 aromatic rings. The fourth-order valence-corrected chi connectivity index (χ4v) is 3.39. The zero-order chi connectivity index (χ0) is 19.5. The quantitative estimate of drug-likeness (QED) is 0.557. The molecule has 4 rings (SSSR count). The first-order valence-corrected chi connectivity index (χ1v) is 8.93. The Morgan fingerprint density at radius 2 is 1.46 bits per heavy atom. The smallest absolute Gasteiger partial charge is 0.244 e. The van der Waals surface area contributed by atoms with Gasteiger partial charge in [0.05, 0.1) is 23.5 Å². The van der Waals surface area contributed by atoms with Gasteiger partial charge in [-0.15, -0.1) is 0 Å². The number of pyridine rings is 1. The number of nitriles is 1. The molecule has 5 nitrogen and oxygen atoms in total. The predicted octanol–water partition coefficient (Wildman–Crippen LogP) is 3.86. The molecule has 0 bridgehead atoms. The van der Waals surface area contributed by atoms with Crippen LogP contribution in [0.5, 0.6) is 0 Å². The summed E-state index contributed by atoms with van der Waals surface area (Å²) in [5.41, 5.74) is 2.99. The zero-order valence-corrected chi connectivity index (χ0v) is 15.1. The Morgan fingerprint density at radius 1 is 0.893 bits per heavy atom. The Balaban J connectivity index is 1.70. The van der Waals surface area contributed by atoms with Crippen molar-refractivity contribution < 1.29 is 4.79 Å². The Labute approximate surface area is 161 Å². The van der Waals surface area contributed by atoms with E-state index in [0.29, 0.717) is 22.9 Å². The number of para-hydroxylation sites is 2. The SMILES string of the molecule is N#CCc1ccc(NC(=O)Cn2c3ccccc3c(=O)c3ccccc32)cc1. The number of amides is 1. The molecule has 136 valence electrons. The molecule has 0 radical (unpaired) electrons. The van der Waals surface area contributed by atoms with Crippen LogP contribution in [0.2, 0.25) is 0 Å². The number of fused-ring (bicyclic) bond motifs is 2. The van der Waals surface area contributed by atoms with Gasteiger partial charge in [0.2, 0.25) is 5.91 Å². The number of aromatic nitrogens is 1. The summed E-state index contributed by atoms with van der Waals surface area (Å²) in [6.45, 7) is 0.0846. The van der Waals surface area contributed by atoms with E-state index in [9.17, 15) is 9.59 Å². The Bertz CT molecular complexity index is 1220. The lowest BCUT2D eigenvalue weighted by Crippen LogP contribution is -2.21. The van der Waals surface area contributed by atoms with Gasteiger partial charge in [-0.05, 0) is 42.0 Å². The van der Waals surface area contributed by atoms with Crippen LogP contribution in [0.1, 0.15) is 5.56 Å². The van der Waals surface area contributed by atoms with E-state index >= 15 is 0 Å². The molecule has 0 aliphatic rings. The molecule has 0 spiro atoms. The molecule has 0 fully saturated rings. The molecule has 3 aromatic carbocycles. The maximum Gasteiger partial charge on any atom is 0.244 e. The van der Waals surface area contributed by atoms with Crippen LogP contribution >= 0.6 is 0 Å². The highest BCUT2D eigenvalue weighted by atomic mass is 16.2. The number of nitrogens with zero attached hydrogens (tertiary/aromatic N) is 2. The number of benzene rings is 3. The van der Waals surface area contributed by atoms with E-state index in [0.717, 1.165) is 16.6 Å². The summed E-state index contributed by atoms with van der Waals surface area (Å²) < 4.78 is 1.87. The average molecular weight is 367 g/mol. The van der Waals surface area contributed by atoms with Crippen LogP contribution in [0.3, 0.4) is 0 Å². The van der Waals surface area contributed by atoms with E-state index in [-0.39, 0.29) is 17.9 Å². The van der Waals surface area contributed by atoms with E-state index in [1.165, 1.54) is 0 Å². The Hall–Kier alpha value is -3.91. The van der Waals surface area contributed by atoms with Gasteiger partial charge in [0.25, 0.3) is 0 Å². The summed E-state index contributed by atoms with van der Waals surface area (Å²) in [7, 11) is 0. The molecule has 0 saturated carbocycles. The van der Waals surface area contributed by atoms with Crippen LogP contribution < -0.4 is 10.7 Å². The third-order valence-electron chi connectivity index (χ3n) is 4.70. The summed E-state index contributed by atoms with van der Waals surface area (Å²) in [5, 5.41) is 12.8. The molecule has 0 saturated heterocycles. The molecule has 0 atom stereocenters. The molecule has 1 aromatic heterocycles. The van der Waals surface area contributed by atoms with Crippen LogP contribution in [0.15, 0.2) is 77.6 Å². The summed E-state index contributed by atoms with van der Waals surface area (Å²) in [5.74, 6) is -0.188. The van der Waals surface area contributed by atoms with E-state index in [1.54, 1.807) is 24.3 Å². The van der Waals surface area contributed by atoms with Crippen LogP contribution in [0.25, 0.3) is 21.8 Å². The molecule has 0 aliphatic heterocycles. The molecular weight excluding hydrogens is 350 g/mol. The van der Waals surface area contributed by atoms with Gasteiger partial charge in [0.15, 0.2) is 5.43 Å². The standard InChI is InChI=1S/C23H17N3O2/c24-14-13-16-9-11-17(12-10-16)25-22(27)15-26-20-7-3-1-5-18(20)23(28)19-6-2-4-8-21(19)26/h1-12H,13,15H2,(H,25,27). The van der Waals surface area contributed by atoms with Crippen LogP contribution in [-0.2, 0) is 17.8 Å². The van der Waals surface area contributed by atoms with Gasteiger partial charge >= 0.3 is 0 Å². The van der Waals surface area contributed by atoms with Gasteiger partial charge in [-0.1, -0.05) is 36.4 Å². The largest absolute Gasteiger partial charge is 0.331 e. The number of carbonyl (C=O) groups is 1. The van der Waals surface area contributed by atoms with Gasteiger partial charge in [-0.2, -0.15) is 5.26 Å². The van der Waals surface area contributed by atoms with Crippen molar-refractivity contribution in [1.29, 1.82) is 5.26 Å². The van der Waals surface area contributed by atoms with Gasteiger partial charge in [-0.3, -0.25) is 9.59 Å². The molecule has 28 heavy (non-hydrogen) atoms. The summed E-state index contributed by atoms with van der Waals surface area (Å²) >= 11 is 0. The first-order chi connectivity index (χ1) is 13.7. The lowest BCUT2D eigenvalue weighted by molar-refractivity contribution is -0.116. The highest BCUT2D eigenvalue weighted by Crippen LogP contribution is 2.19. The molecule has 5 heteroatoms. The number of hydrogen-bond acceptors (Lipinski definition) is 3. The fourth-order valence-electron chi connectivity index (χ4n) is 3.39. The molecular formula is C23H17N3O2. The third-order valence-corrected chi connectivity index (χ3v) is 4.70. The minimum absolute atomic E-state index is 0.0315. The second-order valence-corrected chi connectivity index (χ2v) is 6.53. The van der Waals surface area contributed by atoms with E-state index in [4.69, 9.17) is 5.26 Å². The predicted molar refractivity (Wildman–Crippen MR) is 110 cm³/mol. The molecule has 1 heterocycles. The fraction of sp³-hybridized carbons (Fsp3) is 0.0870. The molecule has 0 aliphatic carbocycles. The number of anilines is 1. The second-order valence-electron chi connectivity index (χ2n) is 6.53. The Kier molecular flexibility index (Phi) is 4.61. The minimum atomic E-state index is -0.188. The van der Waals surface area contributed by atoms with Crippen molar-refractivity contribution in [2.75, 3.05) is 5.32 Å². The first-order valence-electron chi connectivity index (χ1n) is 8.93. The van der Waals surface area contributed by atoms with Crippen molar-refractivity contribution in [3.63, 3.8) is 0 Å². The highest BCUT2D eigenvalue weighted by molar-refractivity contribution is 5.97. The van der Waals surface area contributed by atoms with Crippen molar-refractivity contribution in [2.45, 2.75) is 13.0 Å². The summed E-state index contributed by atoms with van der Waals surface area (Å²) in [6, 6.07) is 24.0. The zero-order valence-electron chi connectivity index (χ0n) is 15.1. The van der Waals surface area contributed by atoms with Crippen LogP contribution in [-0.4, -0.2) is 10.5 Å². The van der Waals surface area contributed by atoms with Crippen LogP contribution in [0.4, 0.5) is 5.69 Å². The van der Waals surface area contributed by atoms with Crippen molar-refractivity contribution in [1.82, 2.24) is 4.57 Å². The third kappa shape index (κ3) is 3.24.